The van der Waals surface area contributed by atoms with E-state index in [-0.39, 0.29) is 0 Å². The first-order valence-corrected chi connectivity index (χ1v) is 12.8. The van der Waals surface area contributed by atoms with Crippen LogP contribution in [0.25, 0.3) is 33.6 Å². The molecule has 0 spiro atoms. The maximum absolute atomic E-state index is 5.29. The maximum atomic E-state index is 5.29. The zero-order valence-corrected chi connectivity index (χ0v) is 20.9. The third-order valence-electron chi connectivity index (χ3n) is 7.94. The zero-order chi connectivity index (χ0) is 24.0. The van der Waals surface area contributed by atoms with Crippen LogP contribution in [-0.4, -0.2) is 22.2 Å². The monoisotopic (exact) mass is 461 g/mol. The summed E-state index contributed by atoms with van der Waals surface area (Å²) in [5.74, 6) is 2.53. The van der Waals surface area contributed by atoms with Crippen molar-refractivity contribution in [3.05, 3.63) is 83.4 Å². The molecule has 2 aromatic carbocycles. The Balaban J connectivity index is 1.46. The van der Waals surface area contributed by atoms with Gasteiger partial charge in [-0.1, -0.05) is 74.9 Å². The summed E-state index contributed by atoms with van der Waals surface area (Å²) in [7, 11) is 1.94. The van der Waals surface area contributed by atoms with Crippen molar-refractivity contribution in [3.63, 3.8) is 0 Å². The highest BCUT2D eigenvalue weighted by atomic mass is 15.2. The Kier molecular flexibility index (Phi) is 5.47. The van der Waals surface area contributed by atoms with Crippen LogP contribution < -0.4 is 5.32 Å². The number of hydrogen-bond acceptors (Lipinski definition) is 3. The number of H-pyrrole nitrogens is 1. The summed E-state index contributed by atoms with van der Waals surface area (Å²) in [6, 6.07) is 22.2. The van der Waals surface area contributed by atoms with E-state index in [1.165, 1.54) is 53.9 Å². The molecule has 2 aliphatic rings. The normalized spacial score (nSPS) is 15.9. The minimum absolute atomic E-state index is 0.338. The number of benzene rings is 2. The average molecular weight is 462 g/mol. The van der Waals surface area contributed by atoms with Crippen molar-refractivity contribution < 1.29 is 0 Å². The summed E-state index contributed by atoms with van der Waals surface area (Å²) in [6.07, 6.45) is 6.99. The van der Waals surface area contributed by atoms with Crippen LogP contribution in [0.2, 0.25) is 0 Å². The van der Waals surface area contributed by atoms with Gasteiger partial charge in [0.1, 0.15) is 5.82 Å². The fourth-order valence-corrected chi connectivity index (χ4v) is 6.12. The molecular weight excluding hydrogens is 428 g/mol. The molecule has 6 rings (SSSR count). The Morgan fingerprint density at radius 3 is 2.34 bits per heavy atom. The summed E-state index contributed by atoms with van der Waals surface area (Å²) in [5.41, 5.74) is 11.0. The van der Waals surface area contributed by atoms with Gasteiger partial charge in [0.25, 0.3) is 0 Å². The van der Waals surface area contributed by atoms with Crippen LogP contribution in [0.1, 0.15) is 56.4 Å². The van der Waals surface area contributed by atoms with Crippen molar-refractivity contribution in [1.29, 1.82) is 0 Å². The predicted octanol–water partition coefficient (Wildman–Crippen LogP) is 7.37. The highest BCUT2D eigenvalue weighted by molar-refractivity contribution is 5.86. The minimum atomic E-state index is 0.338. The fraction of sp³-hybridized carbons (Fsp3) is 0.323. The molecule has 0 bridgehead atoms. The van der Waals surface area contributed by atoms with E-state index in [0.717, 1.165) is 46.9 Å². The summed E-state index contributed by atoms with van der Waals surface area (Å²) in [5, 5.41) is 11.1. The van der Waals surface area contributed by atoms with Crippen LogP contribution in [0.4, 0.5) is 5.82 Å². The molecule has 2 N–H and O–H groups in total. The summed E-state index contributed by atoms with van der Waals surface area (Å²) in [4.78, 5) is 5.29. The van der Waals surface area contributed by atoms with Gasteiger partial charge in [-0.2, -0.15) is 5.10 Å². The third-order valence-corrected chi connectivity index (χ3v) is 7.94. The lowest BCUT2D eigenvalue weighted by Gasteiger charge is -2.44. The van der Waals surface area contributed by atoms with Gasteiger partial charge in [-0.05, 0) is 60.6 Å². The highest BCUT2D eigenvalue weighted by Crippen LogP contribution is 2.49. The van der Waals surface area contributed by atoms with Crippen LogP contribution in [0.5, 0.6) is 0 Å². The van der Waals surface area contributed by atoms with Gasteiger partial charge in [0.05, 0.1) is 17.1 Å². The fourth-order valence-electron chi connectivity index (χ4n) is 6.12. The van der Waals surface area contributed by atoms with E-state index in [4.69, 9.17) is 4.98 Å². The molecule has 2 aromatic heterocycles. The zero-order valence-electron chi connectivity index (χ0n) is 20.9. The lowest BCUT2D eigenvalue weighted by molar-refractivity contribution is 0.232. The average Bonchev–Trinajstić information content (AvgIpc) is 3.30. The molecule has 4 nitrogen and oxygen atoms in total. The molecule has 2 heterocycles. The van der Waals surface area contributed by atoms with Gasteiger partial charge in [-0.25, -0.2) is 0 Å². The number of pyridine rings is 1. The van der Waals surface area contributed by atoms with E-state index in [9.17, 15) is 0 Å². The van der Waals surface area contributed by atoms with Gasteiger partial charge in [0.2, 0.25) is 0 Å². The van der Waals surface area contributed by atoms with Crippen LogP contribution >= 0.6 is 0 Å². The summed E-state index contributed by atoms with van der Waals surface area (Å²) in [6.45, 7) is 4.53. The number of aryl methyl sites for hydroxylation is 1. The van der Waals surface area contributed by atoms with E-state index >= 15 is 0 Å². The van der Waals surface area contributed by atoms with Crippen molar-refractivity contribution in [2.45, 2.75) is 57.8 Å². The van der Waals surface area contributed by atoms with Crippen LogP contribution in [0.3, 0.4) is 0 Å². The third kappa shape index (κ3) is 3.76. The number of hydrogen-bond donors (Lipinski definition) is 2. The van der Waals surface area contributed by atoms with Crippen molar-refractivity contribution >= 4 is 5.82 Å². The minimum Gasteiger partial charge on any atom is -0.373 e. The first-order valence-electron chi connectivity index (χ1n) is 12.8. The summed E-state index contributed by atoms with van der Waals surface area (Å²) < 4.78 is 0. The quantitative estimate of drug-likeness (QED) is 0.315. The van der Waals surface area contributed by atoms with Crippen molar-refractivity contribution in [3.8, 4) is 33.6 Å². The van der Waals surface area contributed by atoms with Crippen LogP contribution in [0, 0.1) is 5.92 Å². The van der Waals surface area contributed by atoms with Crippen LogP contribution in [-0.2, 0) is 18.3 Å². The van der Waals surface area contributed by atoms with Gasteiger partial charge in [0.15, 0.2) is 0 Å². The van der Waals surface area contributed by atoms with Crippen LogP contribution in [0.15, 0.2) is 60.7 Å². The molecule has 1 radical (unpaired) electrons. The van der Waals surface area contributed by atoms with Crippen molar-refractivity contribution in [2.24, 2.45) is 0 Å². The number of rotatable bonds is 6. The van der Waals surface area contributed by atoms with Crippen molar-refractivity contribution in [2.75, 3.05) is 12.4 Å². The molecule has 0 amide bonds. The van der Waals surface area contributed by atoms with Gasteiger partial charge in [-0.15, -0.1) is 0 Å². The molecule has 2 aliphatic carbocycles. The van der Waals surface area contributed by atoms with Gasteiger partial charge in [0, 0.05) is 29.3 Å². The SMILES string of the molecule is CNc1[nH]nc2c1CCc1nc(-c3ccc(C4(C[C](C)C)CCC4)cc3)c(-c3ccccc3)cc1-2. The molecule has 4 heteroatoms. The second-order valence-corrected chi connectivity index (χ2v) is 10.5. The number of aromatic nitrogens is 3. The molecule has 0 saturated heterocycles. The van der Waals surface area contributed by atoms with Crippen molar-refractivity contribution in [1.82, 2.24) is 15.2 Å². The molecule has 0 unspecified atom stereocenters. The van der Waals surface area contributed by atoms with Gasteiger partial charge >= 0.3 is 0 Å². The molecule has 177 valence electrons. The Labute approximate surface area is 208 Å². The molecule has 35 heavy (non-hydrogen) atoms. The van der Waals surface area contributed by atoms with E-state index in [0.29, 0.717) is 5.41 Å². The molecule has 4 aromatic rings. The molecule has 1 fully saturated rings. The highest BCUT2D eigenvalue weighted by Gasteiger charge is 2.39. The number of anilines is 1. The van der Waals surface area contributed by atoms with E-state index in [2.05, 4.69) is 90.0 Å². The first-order chi connectivity index (χ1) is 17.1. The lowest BCUT2D eigenvalue weighted by atomic mass is 9.61. The van der Waals surface area contributed by atoms with E-state index in [1.807, 2.05) is 7.05 Å². The second-order valence-electron chi connectivity index (χ2n) is 10.5. The van der Waals surface area contributed by atoms with Gasteiger partial charge < -0.3 is 5.32 Å². The van der Waals surface area contributed by atoms with E-state index < -0.39 is 0 Å². The molecule has 0 aliphatic heterocycles. The standard InChI is InChI=1S/C31H33N4/c1-20(2)19-31(16-7-17-31)23-12-10-22(11-13-23)28-25(21-8-5-4-6-9-21)18-26-27(33-28)15-14-24-29(26)34-35-30(24)32-3/h4-6,8-13,18H,7,14-17,19H2,1-3H3,(H2,32,34,35). The number of nitrogens with one attached hydrogen (secondary N) is 2. The Hall–Kier alpha value is -3.40. The smallest absolute Gasteiger partial charge is 0.125 e. The Bertz CT molecular complexity index is 1350. The van der Waals surface area contributed by atoms with Gasteiger partial charge in [-0.3, -0.25) is 10.1 Å². The predicted molar refractivity (Wildman–Crippen MR) is 144 cm³/mol. The molecule has 1 saturated carbocycles. The maximum Gasteiger partial charge on any atom is 0.125 e. The second kappa shape index (κ2) is 8.67. The number of aromatic amines is 1. The summed E-state index contributed by atoms with van der Waals surface area (Å²) >= 11 is 0. The first kappa shape index (κ1) is 22.1. The largest absolute Gasteiger partial charge is 0.373 e. The lowest BCUT2D eigenvalue weighted by Crippen LogP contribution is -2.35. The number of nitrogens with zero attached hydrogens (tertiary/aromatic N) is 2. The Morgan fingerprint density at radius 1 is 0.914 bits per heavy atom. The molecule has 0 atom stereocenters. The Morgan fingerprint density at radius 2 is 1.69 bits per heavy atom. The molecular formula is C31H33N4. The van der Waals surface area contributed by atoms with E-state index in [1.54, 1.807) is 0 Å². The number of fused-ring (bicyclic) bond motifs is 3. The topological polar surface area (TPSA) is 53.6 Å².